The van der Waals surface area contributed by atoms with Crippen LogP contribution in [0.3, 0.4) is 0 Å². The molecule has 6 nitrogen and oxygen atoms in total. The summed E-state index contributed by atoms with van der Waals surface area (Å²) in [6.07, 6.45) is -2.64. The molecule has 1 heterocycles. The van der Waals surface area contributed by atoms with E-state index in [0.717, 1.165) is 17.9 Å². The summed E-state index contributed by atoms with van der Waals surface area (Å²) >= 11 is 0. The van der Waals surface area contributed by atoms with E-state index >= 15 is 0 Å². The Morgan fingerprint density at radius 1 is 1.14 bits per heavy atom. The lowest BCUT2D eigenvalue weighted by Gasteiger charge is -2.14. The first-order chi connectivity index (χ1) is 13.1. The number of hydrogen-bond donors (Lipinski definition) is 2. The second-order valence-electron chi connectivity index (χ2n) is 7.09. The maximum atomic E-state index is 12.5. The van der Waals surface area contributed by atoms with Gasteiger partial charge in [-0.15, -0.1) is 0 Å². The third kappa shape index (κ3) is 6.47. The molecule has 0 aliphatic heterocycles. The van der Waals surface area contributed by atoms with E-state index in [9.17, 15) is 13.2 Å². The summed E-state index contributed by atoms with van der Waals surface area (Å²) in [5.41, 5.74) is -0.815. The highest BCUT2D eigenvalue weighted by Crippen LogP contribution is 2.30. The number of rotatable bonds is 6. The van der Waals surface area contributed by atoms with Crippen LogP contribution >= 0.6 is 0 Å². The van der Waals surface area contributed by atoms with Crippen LogP contribution in [-0.2, 0) is 18.1 Å². The molecule has 0 spiro atoms. The highest BCUT2D eigenvalue weighted by Gasteiger charge is 2.30. The van der Waals surface area contributed by atoms with Gasteiger partial charge < -0.3 is 19.8 Å². The number of nitrogens with zero attached hydrogens (tertiary/aromatic N) is 2. The first kappa shape index (κ1) is 21.6. The molecule has 0 unspecified atom stereocenters. The van der Waals surface area contributed by atoms with Gasteiger partial charge in [0.1, 0.15) is 18.1 Å². The van der Waals surface area contributed by atoms with E-state index in [-0.39, 0.29) is 12.0 Å². The lowest BCUT2D eigenvalue weighted by molar-refractivity contribution is -0.137. The summed E-state index contributed by atoms with van der Waals surface area (Å²) in [4.78, 5) is 8.32. The molecule has 2 N–H and O–H groups in total. The van der Waals surface area contributed by atoms with Crippen molar-refractivity contribution in [2.75, 3.05) is 20.2 Å². The molecule has 0 atom stereocenters. The van der Waals surface area contributed by atoms with Crippen LogP contribution in [0.4, 0.5) is 13.2 Å². The van der Waals surface area contributed by atoms with Gasteiger partial charge in [-0.1, -0.05) is 20.8 Å². The lowest BCUT2D eigenvalue weighted by atomic mass is 9.94. The van der Waals surface area contributed by atoms with Crippen molar-refractivity contribution in [3.05, 3.63) is 47.7 Å². The van der Waals surface area contributed by atoms with Crippen molar-refractivity contribution < 1.29 is 22.3 Å². The van der Waals surface area contributed by atoms with Crippen molar-refractivity contribution in [3.8, 4) is 5.75 Å². The number of oxazole rings is 1. The monoisotopic (exact) mass is 398 g/mol. The lowest BCUT2D eigenvalue weighted by Crippen LogP contribution is -2.38. The van der Waals surface area contributed by atoms with Crippen LogP contribution in [0.1, 0.15) is 38.0 Å². The summed E-state index contributed by atoms with van der Waals surface area (Å²) in [6, 6.07) is 4.58. The van der Waals surface area contributed by atoms with E-state index in [1.165, 1.54) is 12.1 Å². The van der Waals surface area contributed by atoms with E-state index in [1.807, 2.05) is 20.8 Å². The van der Waals surface area contributed by atoms with Gasteiger partial charge in [0.15, 0.2) is 5.96 Å². The molecular weight excluding hydrogens is 373 g/mol. The second-order valence-corrected chi connectivity index (χ2v) is 7.09. The summed E-state index contributed by atoms with van der Waals surface area (Å²) in [5, 5.41) is 6.12. The smallest absolute Gasteiger partial charge is 0.416 e. The largest absolute Gasteiger partial charge is 0.492 e. The molecule has 0 aliphatic rings. The molecular formula is C19H25F3N4O2. The van der Waals surface area contributed by atoms with E-state index < -0.39 is 11.7 Å². The minimum Gasteiger partial charge on any atom is -0.492 e. The van der Waals surface area contributed by atoms with Gasteiger partial charge in [0, 0.05) is 12.5 Å². The Balaban J connectivity index is 1.73. The molecule has 0 aliphatic carbocycles. The maximum absolute atomic E-state index is 12.5. The molecule has 0 saturated heterocycles. The summed E-state index contributed by atoms with van der Waals surface area (Å²) in [5.74, 6) is 2.25. The van der Waals surface area contributed by atoms with E-state index in [4.69, 9.17) is 9.15 Å². The Bertz CT molecular complexity index is 778. The predicted octanol–water partition coefficient (Wildman–Crippen LogP) is 3.73. The molecule has 28 heavy (non-hydrogen) atoms. The normalized spacial score (nSPS) is 12.8. The fraction of sp³-hybridized carbons (Fsp3) is 0.474. The zero-order valence-corrected chi connectivity index (χ0v) is 16.4. The minimum atomic E-state index is -4.35. The minimum absolute atomic E-state index is 0.110. The number of aliphatic imine (C=N–C) groups is 1. The number of benzene rings is 1. The molecule has 2 aromatic rings. The molecule has 0 amide bonds. The highest BCUT2D eigenvalue weighted by molar-refractivity contribution is 5.79. The standard InChI is InChI=1S/C19H25F3N4O2/c1-18(2,3)15-11-25-16(28-15)12-26-17(23-4)24-9-10-27-14-7-5-13(6-8-14)19(20,21)22/h5-8,11H,9-10,12H2,1-4H3,(H2,23,24,26). The number of alkyl halides is 3. The number of guanidine groups is 1. The Hall–Kier alpha value is -2.71. The molecule has 9 heteroatoms. The zero-order chi connectivity index (χ0) is 20.8. The average Bonchev–Trinajstić information content (AvgIpc) is 3.10. The first-order valence-electron chi connectivity index (χ1n) is 8.79. The van der Waals surface area contributed by atoms with Crippen LogP contribution in [0.2, 0.25) is 0 Å². The Morgan fingerprint density at radius 3 is 2.36 bits per heavy atom. The van der Waals surface area contributed by atoms with E-state index in [2.05, 4.69) is 20.6 Å². The van der Waals surface area contributed by atoms with Gasteiger partial charge >= 0.3 is 6.18 Å². The summed E-state index contributed by atoms with van der Waals surface area (Å²) < 4.78 is 48.7. The summed E-state index contributed by atoms with van der Waals surface area (Å²) in [6.45, 7) is 7.18. The number of halogens is 3. The van der Waals surface area contributed by atoms with E-state index in [0.29, 0.717) is 30.7 Å². The Kier molecular flexibility index (Phi) is 6.93. The molecule has 1 aromatic heterocycles. The van der Waals surface area contributed by atoms with Crippen molar-refractivity contribution >= 4 is 5.96 Å². The second kappa shape index (κ2) is 8.99. The van der Waals surface area contributed by atoms with Crippen LogP contribution in [0.25, 0.3) is 0 Å². The maximum Gasteiger partial charge on any atom is 0.416 e. The Labute approximate surface area is 162 Å². The van der Waals surface area contributed by atoms with Crippen molar-refractivity contribution in [3.63, 3.8) is 0 Å². The van der Waals surface area contributed by atoms with Crippen molar-refractivity contribution in [2.45, 2.75) is 38.9 Å². The molecule has 0 radical (unpaired) electrons. The van der Waals surface area contributed by atoms with E-state index in [1.54, 1.807) is 13.2 Å². The number of hydrogen-bond acceptors (Lipinski definition) is 4. The van der Waals surface area contributed by atoms with Crippen LogP contribution in [-0.4, -0.2) is 31.1 Å². The number of nitrogens with one attached hydrogen (secondary N) is 2. The van der Waals surface area contributed by atoms with Crippen LogP contribution in [0.15, 0.2) is 39.9 Å². The molecule has 0 bridgehead atoms. The van der Waals surface area contributed by atoms with Crippen LogP contribution < -0.4 is 15.4 Å². The van der Waals surface area contributed by atoms with Gasteiger partial charge in [0.25, 0.3) is 0 Å². The quantitative estimate of drug-likeness (QED) is 0.441. The van der Waals surface area contributed by atoms with Crippen LogP contribution in [0, 0.1) is 0 Å². The van der Waals surface area contributed by atoms with Crippen LogP contribution in [0.5, 0.6) is 5.75 Å². The van der Waals surface area contributed by atoms with Crippen molar-refractivity contribution in [1.29, 1.82) is 0 Å². The van der Waals surface area contributed by atoms with Gasteiger partial charge in [-0.05, 0) is 24.3 Å². The van der Waals surface area contributed by atoms with Crippen molar-refractivity contribution in [1.82, 2.24) is 15.6 Å². The number of aromatic nitrogens is 1. The average molecular weight is 398 g/mol. The van der Waals surface area contributed by atoms with Gasteiger partial charge in [0.2, 0.25) is 5.89 Å². The van der Waals surface area contributed by atoms with Crippen molar-refractivity contribution in [2.24, 2.45) is 4.99 Å². The summed E-state index contributed by atoms with van der Waals surface area (Å²) in [7, 11) is 1.63. The SMILES string of the molecule is CN=C(NCCOc1ccc(C(F)(F)F)cc1)NCc1ncc(C(C)(C)C)o1. The third-order valence-electron chi connectivity index (χ3n) is 3.77. The highest BCUT2D eigenvalue weighted by atomic mass is 19.4. The topological polar surface area (TPSA) is 71.7 Å². The van der Waals surface area contributed by atoms with Gasteiger partial charge in [-0.25, -0.2) is 4.98 Å². The fourth-order valence-electron chi connectivity index (χ4n) is 2.20. The first-order valence-corrected chi connectivity index (χ1v) is 8.79. The third-order valence-corrected chi connectivity index (χ3v) is 3.77. The Morgan fingerprint density at radius 2 is 1.82 bits per heavy atom. The molecule has 2 rings (SSSR count). The van der Waals surface area contributed by atoms with Gasteiger partial charge in [0.05, 0.1) is 24.8 Å². The number of ether oxygens (including phenoxy) is 1. The molecule has 1 aromatic carbocycles. The molecule has 154 valence electrons. The van der Waals surface area contributed by atoms with Gasteiger partial charge in [-0.3, -0.25) is 4.99 Å². The zero-order valence-electron chi connectivity index (χ0n) is 16.4. The molecule has 0 fully saturated rings. The molecule has 0 saturated carbocycles. The predicted molar refractivity (Wildman–Crippen MR) is 100 cm³/mol. The fourth-order valence-corrected chi connectivity index (χ4v) is 2.20. The van der Waals surface area contributed by atoms with Gasteiger partial charge in [-0.2, -0.15) is 13.2 Å².